The highest BCUT2D eigenvalue weighted by molar-refractivity contribution is 5.96. The van der Waals surface area contributed by atoms with Crippen LogP contribution in [0.5, 0.6) is 0 Å². The maximum atomic E-state index is 11.9. The van der Waals surface area contributed by atoms with Crippen molar-refractivity contribution in [2.24, 2.45) is 0 Å². The second-order valence-electron chi connectivity index (χ2n) is 4.22. The molecule has 0 aliphatic heterocycles. The molecule has 1 rings (SSSR count). The lowest BCUT2D eigenvalue weighted by Crippen LogP contribution is -2.24. The molecule has 0 aliphatic carbocycles. The fraction of sp³-hybridized carbons (Fsp3) is 0.429. The van der Waals surface area contributed by atoms with Crippen molar-refractivity contribution >= 4 is 17.5 Å². The van der Waals surface area contributed by atoms with E-state index >= 15 is 0 Å². The van der Waals surface area contributed by atoms with Crippen LogP contribution in [0.15, 0.2) is 24.3 Å². The summed E-state index contributed by atoms with van der Waals surface area (Å²) in [6, 6.07) is 6.86. The van der Waals surface area contributed by atoms with Gasteiger partial charge in [0.1, 0.15) is 0 Å². The Kier molecular flexibility index (Phi) is 6.60. The first kappa shape index (κ1) is 15.2. The number of anilines is 1. The molecule has 0 saturated carbocycles. The Hall–Kier alpha value is -1.88. The fourth-order valence-electron chi connectivity index (χ4n) is 1.62. The van der Waals surface area contributed by atoms with Gasteiger partial charge in [0.2, 0.25) is 5.91 Å². The van der Waals surface area contributed by atoms with Crippen LogP contribution in [0.4, 0.5) is 5.69 Å². The number of carbonyl (C=O) groups is 2. The second-order valence-corrected chi connectivity index (χ2v) is 4.22. The molecule has 2 amide bonds. The zero-order valence-corrected chi connectivity index (χ0v) is 11.4. The summed E-state index contributed by atoms with van der Waals surface area (Å²) in [7, 11) is 1.66. The molecule has 0 radical (unpaired) electrons. The predicted octanol–water partition coefficient (Wildman–Crippen LogP) is 1.80. The smallest absolute Gasteiger partial charge is 0.251 e. The number of rotatable bonds is 7. The molecule has 0 atom stereocenters. The number of carbonyl (C=O) groups excluding carboxylic acids is 2. The number of unbranched alkanes of at least 4 members (excludes halogenated alkanes) is 1. The van der Waals surface area contributed by atoms with Crippen molar-refractivity contribution in [3.8, 4) is 0 Å². The molecule has 2 N–H and O–H groups in total. The Bertz CT molecular complexity index is 432. The third kappa shape index (κ3) is 6.01. The van der Waals surface area contributed by atoms with Crippen molar-refractivity contribution in [1.29, 1.82) is 0 Å². The van der Waals surface area contributed by atoms with Crippen molar-refractivity contribution in [3.05, 3.63) is 29.8 Å². The van der Waals surface area contributed by atoms with Crippen LogP contribution in [0.3, 0.4) is 0 Å². The summed E-state index contributed by atoms with van der Waals surface area (Å²) in [5, 5.41) is 5.48. The van der Waals surface area contributed by atoms with Crippen LogP contribution in [0.2, 0.25) is 0 Å². The van der Waals surface area contributed by atoms with Crippen LogP contribution < -0.4 is 10.6 Å². The van der Waals surface area contributed by atoms with Crippen molar-refractivity contribution in [2.45, 2.75) is 19.8 Å². The zero-order chi connectivity index (χ0) is 14.1. The Morgan fingerprint density at radius 3 is 2.74 bits per heavy atom. The summed E-state index contributed by atoms with van der Waals surface area (Å²) >= 11 is 0. The summed E-state index contributed by atoms with van der Waals surface area (Å²) in [4.78, 5) is 22.8. The van der Waals surface area contributed by atoms with Crippen LogP contribution in [-0.4, -0.2) is 32.1 Å². The molecule has 0 saturated heterocycles. The van der Waals surface area contributed by atoms with Gasteiger partial charge in [-0.2, -0.15) is 0 Å². The average molecular weight is 264 g/mol. The number of methoxy groups -OCH3 is 1. The van der Waals surface area contributed by atoms with Crippen molar-refractivity contribution < 1.29 is 14.3 Å². The van der Waals surface area contributed by atoms with Crippen molar-refractivity contribution in [2.75, 3.05) is 25.6 Å². The molecule has 1 aromatic rings. The van der Waals surface area contributed by atoms with Crippen LogP contribution in [-0.2, 0) is 9.53 Å². The molecule has 0 spiro atoms. The first-order valence-corrected chi connectivity index (χ1v) is 6.28. The third-order valence-corrected chi connectivity index (χ3v) is 2.51. The van der Waals surface area contributed by atoms with Gasteiger partial charge in [0.05, 0.1) is 0 Å². The molecule has 0 heterocycles. The summed E-state index contributed by atoms with van der Waals surface area (Å²) in [5.41, 5.74) is 1.16. The van der Waals surface area contributed by atoms with Gasteiger partial charge in [-0.15, -0.1) is 0 Å². The lowest BCUT2D eigenvalue weighted by Gasteiger charge is -2.07. The maximum Gasteiger partial charge on any atom is 0.251 e. The van der Waals surface area contributed by atoms with Gasteiger partial charge in [0.25, 0.3) is 5.91 Å². The Morgan fingerprint density at radius 2 is 2.05 bits per heavy atom. The molecule has 104 valence electrons. The molecule has 0 unspecified atom stereocenters. The van der Waals surface area contributed by atoms with Crippen molar-refractivity contribution in [1.82, 2.24) is 5.32 Å². The molecule has 5 nitrogen and oxygen atoms in total. The molecule has 0 fully saturated rings. The normalized spacial score (nSPS) is 10.0. The average Bonchev–Trinajstić information content (AvgIpc) is 2.38. The number of benzene rings is 1. The van der Waals surface area contributed by atoms with Gasteiger partial charge in [-0.3, -0.25) is 9.59 Å². The summed E-state index contributed by atoms with van der Waals surface area (Å²) < 4.78 is 4.93. The minimum Gasteiger partial charge on any atom is -0.385 e. The monoisotopic (exact) mass is 264 g/mol. The van der Waals surface area contributed by atoms with E-state index in [0.29, 0.717) is 24.4 Å². The molecular weight excluding hydrogens is 244 g/mol. The highest BCUT2D eigenvalue weighted by Crippen LogP contribution is 2.10. The quantitative estimate of drug-likeness (QED) is 0.738. The number of hydrogen-bond acceptors (Lipinski definition) is 3. The first-order valence-electron chi connectivity index (χ1n) is 6.28. The Labute approximate surface area is 113 Å². The minimum absolute atomic E-state index is 0.135. The minimum atomic E-state index is -0.155. The maximum absolute atomic E-state index is 11.9. The van der Waals surface area contributed by atoms with E-state index in [1.54, 1.807) is 31.4 Å². The predicted molar refractivity (Wildman–Crippen MR) is 74.2 cm³/mol. The number of hydrogen-bond donors (Lipinski definition) is 2. The van der Waals surface area contributed by atoms with Gasteiger partial charge in [0.15, 0.2) is 0 Å². The third-order valence-electron chi connectivity index (χ3n) is 2.51. The fourth-order valence-corrected chi connectivity index (χ4v) is 1.62. The lowest BCUT2D eigenvalue weighted by atomic mass is 10.2. The number of ether oxygens (including phenoxy) is 1. The Morgan fingerprint density at radius 1 is 1.26 bits per heavy atom. The molecular formula is C14H20N2O3. The number of amides is 2. The summed E-state index contributed by atoms with van der Waals surface area (Å²) in [5.74, 6) is -0.290. The van der Waals surface area contributed by atoms with Crippen LogP contribution in [0.1, 0.15) is 30.1 Å². The van der Waals surface area contributed by atoms with Gasteiger partial charge in [-0.05, 0) is 31.0 Å². The van der Waals surface area contributed by atoms with Gasteiger partial charge in [-0.25, -0.2) is 0 Å². The van der Waals surface area contributed by atoms with E-state index in [9.17, 15) is 9.59 Å². The van der Waals surface area contributed by atoms with E-state index in [4.69, 9.17) is 4.74 Å². The molecule has 0 aliphatic rings. The summed E-state index contributed by atoms with van der Waals surface area (Å²) in [6.45, 7) is 2.75. The number of nitrogens with one attached hydrogen (secondary N) is 2. The molecule has 0 bridgehead atoms. The van der Waals surface area contributed by atoms with E-state index in [2.05, 4.69) is 10.6 Å². The van der Waals surface area contributed by atoms with Crippen LogP contribution in [0, 0.1) is 0 Å². The van der Waals surface area contributed by atoms with Gasteiger partial charge in [0, 0.05) is 38.4 Å². The molecule has 1 aromatic carbocycles. The van der Waals surface area contributed by atoms with E-state index in [1.165, 1.54) is 6.92 Å². The standard InChI is InChI=1S/C14H20N2O3/c1-11(17)16-13-7-5-6-12(10-13)14(18)15-8-3-4-9-19-2/h5-7,10H,3-4,8-9H2,1-2H3,(H,15,18)(H,16,17). The highest BCUT2D eigenvalue weighted by atomic mass is 16.5. The molecule has 5 heteroatoms. The van der Waals surface area contributed by atoms with Crippen LogP contribution in [0.25, 0.3) is 0 Å². The van der Waals surface area contributed by atoms with Crippen molar-refractivity contribution in [3.63, 3.8) is 0 Å². The topological polar surface area (TPSA) is 67.4 Å². The van der Waals surface area contributed by atoms with E-state index in [1.807, 2.05) is 0 Å². The largest absolute Gasteiger partial charge is 0.385 e. The second kappa shape index (κ2) is 8.26. The Balaban J connectivity index is 2.45. The van der Waals surface area contributed by atoms with Gasteiger partial charge in [-0.1, -0.05) is 6.07 Å². The van der Waals surface area contributed by atoms with Gasteiger partial charge < -0.3 is 15.4 Å². The SMILES string of the molecule is COCCCCNC(=O)c1cccc(NC(C)=O)c1. The summed E-state index contributed by atoms with van der Waals surface area (Å²) in [6.07, 6.45) is 1.80. The van der Waals surface area contributed by atoms with E-state index in [0.717, 1.165) is 12.8 Å². The van der Waals surface area contributed by atoms with Gasteiger partial charge >= 0.3 is 0 Å². The lowest BCUT2D eigenvalue weighted by molar-refractivity contribution is -0.114. The first-order chi connectivity index (χ1) is 9.13. The highest BCUT2D eigenvalue weighted by Gasteiger charge is 2.05. The molecule has 19 heavy (non-hydrogen) atoms. The zero-order valence-electron chi connectivity index (χ0n) is 11.4. The molecule has 0 aromatic heterocycles. The van der Waals surface area contributed by atoms with E-state index < -0.39 is 0 Å². The van der Waals surface area contributed by atoms with Crippen LogP contribution >= 0.6 is 0 Å². The van der Waals surface area contributed by atoms with E-state index in [-0.39, 0.29) is 11.8 Å².